The number of nitrogens with one attached hydrogen (secondary N) is 2. The van der Waals surface area contributed by atoms with Gasteiger partial charge >= 0.3 is 6.09 Å². The first kappa shape index (κ1) is 18.1. The van der Waals surface area contributed by atoms with Gasteiger partial charge in [-0.2, -0.15) is 9.97 Å². The molecule has 2 aromatic rings. The van der Waals surface area contributed by atoms with Gasteiger partial charge in [0.25, 0.3) is 0 Å². The lowest BCUT2D eigenvalue weighted by Crippen LogP contribution is -2.47. The van der Waals surface area contributed by atoms with Gasteiger partial charge < -0.3 is 19.9 Å². The quantitative estimate of drug-likeness (QED) is 0.760. The van der Waals surface area contributed by atoms with E-state index in [4.69, 9.17) is 27.9 Å². The summed E-state index contributed by atoms with van der Waals surface area (Å²) < 4.78 is 5.46. The number of halogens is 2. The molecule has 2 N–H and O–H groups in total. The van der Waals surface area contributed by atoms with Gasteiger partial charge in [-0.1, -0.05) is 11.6 Å². The fraction of sp³-hybridized carbons (Fsp3) is 0.562. The first-order valence-electron chi connectivity index (χ1n) is 8.17. The molecule has 9 heteroatoms. The molecule has 3 rings (SSSR count). The summed E-state index contributed by atoms with van der Waals surface area (Å²) in [5.41, 5.74) is 0.0648. The van der Waals surface area contributed by atoms with Gasteiger partial charge in [-0.15, -0.1) is 0 Å². The highest BCUT2D eigenvalue weighted by Gasteiger charge is 2.28. The molecule has 0 bridgehead atoms. The molecular weight excluding hydrogens is 365 g/mol. The normalized spacial score (nSPS) is 18.4. The average molecular weight is 386 g/mol. The smallest absolute Gasteiger partial charge is 0.410 e. The molecule has 1 aliphatic rings. The zero-order valence-corrected chi connectivity index (χ0v) is 15.9. The number of carbonyl (C=O) groups is 1. The number of likely N-dealkylation sites (tertiary alicyclic amines) is 1. The third kappa shape index (κ3) is 4.27. The van der Waals surface area contributed by atoms with Crippen molar-refractivity contribution < 1.29 is 9.53 Å². The Hall–Kier alpha value is -1.73. The van der Waals surface area contributed by atoms with Gasteiger partial charge in [0.05, 0.1) is 10.4 Å². The van der Waals surface area contributed by atoms with Crippen LogP contribution in [0.15, 0.2) is 6.20 Å². The van der Waals surface area contributed by atoms with Crippen LogP contribution < -0.4 is 5.32 Å². The summed E-state index contributed by atoms with van der Waals surface area (Å²) in [6.07, 6.45) is 3.13. The summed E-state index contributed by atoms with van der Waals surface area (Å²) in [4.78, 5) is 25.4. The highest BCUT2D eigenvalue weighted by atomic mass is 35.5. The van der Waals surface area contributed by atoms with Crippen LogP contribution in [0.3, 0.4) is 0 Å². The predicted molar refractivity (Wildman–Crippen MR) is 98.4 cm³/mol. The van der Waals surface area contributed by atoms with E-state index in [0.717, 1.165) is 12.8 Å². The number of anilines is 1. The lowest BCUT2D eigenvalue weighted by Gasteiger charge is -2.34. The molecule has 0 aliphatic carbocycles. The van der Waals surface area contributed by atoms with Gasteiger partial charge in [-0.3, -0.25) is 0 Å². The van der Waals surface area contributed by atoms with Gasteiger partial charge in [0.15, 0.2) is 0 Å². The summed E-state index contributed by atoms with van der Waals surface area (Å²) in [6.45, 7) is 6.78. The maximum absolute atomic E-state index is 12.3. The van der Waals surface area contributed by atoms with Gasteiger partial charge in [0.1, 0.15) is 17.1 Å². The van der Waals surface area contributed by atoms with Crippen molar-refractivity contribution in [3.05, 3.63) is 16.5 Å². The number of aromatic nitrogens is 3. The fourth-order valence-electron chi connectivity index (χ4n) is 2.85. The second-order valence-corrected chi connectivity index (χ2v) is 7.86. The second kappa shape index (κ2) is 6.88. The van der Waals surface area contributed by atoms with E-state index in [9.17, 15) is 4.79 Å². The number of aromatic amines is 1. The van der Waals surface area contributed by atoms with Crippen LogP contribution in [0, 0.1) is 0 Å². The molecule has 1 atom stereocenters. The number of fused-ring (bicyclic) bond motifs is 1. The lowest BCUT2D eigenvalue weighted by molar-refractivity contribution is 0.0206. The van der Waals surface area contributed by atoms with E-state index >= 15 is 0 Å². The molecular formula is C16H21Cl2N5O2. The van der Waals surface area contributed by atoms with Crippen LogP contribution in [0.2, 0.25) is 10.3 Å². The first-order valence-corrected chi connectivity index (χ1v) is 8.93. The molecule has 1 amide bonds. The monoisotopic (exact) mass is 385 g/mol. The Bertz CT molecular complexity index is 787. The molecule has 7 nitrogen and oxygen atoms in total. The molecule has 0 saturated carbocycles. The number of rotatable bonds is 2. The number of carbonyl (C=O) groups excluding carboxylic acids is 1. The zero-order chi connectivity index (χ0) is 18.2. The largest absolute Gasteiger partial charge is 0.444 e. The van der Waals surface area contributed by atoms with Crippen LogP contribution in [-0.2, 0) is 4.74 Å². The Balaban J connectivity index is 1.75. The van der Waals surface area contributed by atoms with Crippen molar-refractivity contribution in [3.8, 4) is 0 Å². The van der Waals surface area contributed by atoms with Gasteiger partial charge in [0.2, 0.25) is 5.28 Å². The van der Waals surface area contributed by atoms with E-state index < -0.39 is 5.60 Å². The standard InChI is InChI=1S/C16H21Cl2N5O2/c1-16(2,3)25-15(24)23-6-4-5-9(8-23)20-13-11-10(17)7-19-12(11)21-14(18)22-13/h7,9H,4-6,8H2,1-3H3,(H2,19,20,21,22)/t9-/m1/s1. The third-order valence-corrected chi connectivity index (χ3v) is 4.34. The number of nitrogens with zero attached hydrogens (tertiary/aromatic N) is 3. The Kier molecular flexibility index (Phi) is 4.97. The van der Waals surface area contributed by atoms with Crippen molar-refractivity contribution in [2.45, 2.75) is 45.3 Å². The summed E-state index contributed by atoms with van der Waals surface area (Å²) in [7, 11) is 0. The molecule has 1 aliphatic heterocycles. The molecule has 3 heterocycles. The summed E-state index contributed by atoms with van der Waals surface area (Å²) >= 11 is 12.2. The van der Waals surface area contributed by atoms with Crippen molar-refractivity contribution in [3.63, 3.8) is 0 Å². The third-order valence-electron chi connectivity index (χ3n) is 3.87. The number of hydrogen-bond acceptors (Lipinski definition) is 5. The molecule has 1 fully saturated rings. The maximum Gasteiger partial charge on any atom is 0.410 e. The van der Waals surface area contributed by atoms with E-state index in [1.54, 1.807) is 11.1 Å². The molecule has 0 radical (unpaired) electrons. The minimum absolute atomic E-state index is 0.0291. The van der Waals surface area contributed by atoms with Crippen molar-refractivity contribution in [2.75, 3.05) is 18.4 Å². The van der Waals surface area contributed by atoms with E-state index in [-0.39, 0.29) is 17.4 Å². The van der Waals surface area contributed by atoms with Crippen LogP contribution in [-0.4, -0.2) is 50.7 Å². The maximum atomic E-state index is 12.3. The van der Waals surface area contributed by atoms with Crippen molar-refractivity contribution in [1.29, 1.82) is 0 Å². The van der Waals surface area contributed by atoms with E-state index in [0.29, 0.717) is 35.0 Å². The number of ether oxygens (including phenoxy) is 1. The van der Waals surface area contributed by atoms with Gasteiger partial charge in [0, 0.05) is 25.3 Å². The minimum atomic E-state index is -0.511. The second-order valence-electron chi connectivity index (χ2n) is 7.11. The van der Waals surface area contributed by atoms with Crippen LogP contribution in [0.25, 0.3) is 11.0 Å². The topological polar surface area (TPSA) is 83.1 Å². The Morgan fingerprint density at radius 2 is 2.16 bits per heavy atom. The van der Waals surface area contributed by atoms with Crippen molar-refractivity contribution in [1.82, 2.24) is 19.9 Å². The van der Waals surface area contributed by atoms with E-state index in [1.165, 1.54) is 0 Å². The predicted octanol–water partition coefficient (Wildman–Crippen LogP) is 4.08. The van der Waals surface area contributed by atoms with E-state index in [1.807, 2.05) is 20.8 Å². The Morgan fingerprint density at radius 3 is 2.88 bits per heavy atom. The van der Waals surface area contributed by atoms with Crippen molar-refractivity contribution >= 4 is 46.1 Å². The summed E-state index contributed by atoms with van der Waals surface area (Å²) in [5, 5.41) is 4.70. The zero-order valence-electron chi connectivity index (χ0n) is 14.4. The summed E-state index contributed by atoms with van der Waals surface area (Å²) in [5.74, 6) is 0.567. The average Bonchev–Trinajstić information content (AvgIpc) is 2.87. The summed E-state index contributed by atoms with van der Waals surface area (Å²) in [6, 6.07) is 0.0291. The highest BCUT2D eigenvalue weighted by molar-refractivity contribution is 6.36. The highest BCUT2D eigenvalue weighted by Crippen LogP contribution is 2.30. The van der Waals surface area contributed by atoms with Crippen molar-refractivity contribution in [2.24, 2.45) is 0 Å². The number of H-pyrrole nitrogens is 1. The van der Waals surface area contributed by atoms with E-state index in [2.05, 4.69) is 20.3 Å². The fourth-order valence-corrected chi connectivity index (χ4v) is 3.26. The molecule has 25 heavy (non-hydrogen) atoms. The molecule has 2 aromatic heterocycles. The molecule has 0 aromatic carbocycles. The van der Waals surface area contributed by atoms with Gasteiger partial charge in [-0.25, -0.2) is 4.79 Å². The first-order chi connectivity index (χ1) is 11.7. The number of amides is 1. The van der Waals surface area contributed by atoms with Gasteiger partial charge in [-0.05, 0) is 45.2 Å². The lowest BCUT2D eigenvalue weighted by atomic mass is 10.1. The SMILES string of the molecule is CC(C)(C)OC(=O)N1CCC[C@@H](Nc2nc(Cl)nc3[nH]cc(Cl)c23)C1. The molecule has 0 spiro atoms. The molecule has 1 saturated heterocycles. The number of piperidine rings is 1. The van der Waals surface area contributed by atoms with Crippen LogP contribution in [0.5, 0.6) is 0 Å². The van der Waals surface area contributed by atoms with Crippen LogP contribution >= 0.6 is 23.2 Å². The Morgan fingerprint density at radius 1 is 1.40 bits per heavy atom. The Labute approximate surface area is 156 Å². The molecule has 0 unspecified atom stereocenters. The minimum Gasteiger partial charge on any atom is -0.444 e. The van der Waals surface area contributed by atoms with Crippen LogP contribution in [0.1, 0.15) is 33.6 Å². The molecule has 136 valence electrons. The van der Waals surface area contributed by atoms with Crippen LogP contribution in [0.4, 0.5) is 10.6 Å². The number of hydrogen-bond donors (Lipinski definition) is 2.